The van der Waals surface area contributed by atoms with Gasteiger partial charge in [-0.05, 0) is 13.3 Å². The number of ether oxygens (including phenoxy) is 1. The molecule has 1 rings (SSSR count). The molecule has 0 aliphatic heterocycles. The molecular weight excluding hydrogens is 178 g/mol. The minimum absolute atomic E-state index is 0.107. The minimum atomic E-state index is 0.107. The van der Waals surface area contributed by atoms with E-state index >= 15 is 0 Å². The van der Waals surface area contributed by atoms with Crippen molar-refractivity contribution < 1.29 is 4.74 Å². The number of nitrogens with two attached hydrogens (primary N) is 1. The average Bonchev–Trinajstić information content (AvgIpc) is 2.66. The van der Waals surface area contributed by atoms with E-state index in [1.807, 2.05) is 24.0 Å². The molecule has 2 N–H and O–H groups in total. The van der Waals surface area contributed by atoms with E-state index in [4.69, 9.17) is 10.5 Å². The van der Waals surface area contributed by atoms with Crippen molar-refractivity contribution in [3.05, 3.63) is 18.0 Å². The van der Waals surface area contributed by atoms with E-state index in [1.165, 1.54) is 0 Å². The highest BCUT2D eigenvalue weighted by atomic mass is 16.5. The monoisotopic (exact) mass is 197 g/mol. The van der Waals surface area contributed by atoms with Gasteiger partial charge >= 0.3 is 0 Å². The first-order valence-corrected chi connectivity index (χ1v) is 5.13. The third kappa shape index (κ3) is 3.12. The maximum atomic E-state index is 5.88. The summed E-state index contributed by atoms with van der Waals surface area (Å²) in [5.41, 5.74) is 6.98. The van der Waals surface area contributed by atoms with Crippen molar-refractivity contribution in [3.8, 4) is 0 Å². The first-order valence-electron chi connectivity index (χ1n) is 5.13. The Hall–Kier alpha value is -0.870. The predicted molar refractivity (Wildman–Crippen MR) is 55.9 cm³/mol. The topological polar surface area (TPSA) is 53.1 Å². The highest BCUT2D eigenvalue weighted by Gasteiger charge is 2.05. The summed E-state index contributed by atoms with van der Waals surface area (Å²) in [5.74, 6) is 0. The third-order valence-corrected chi connectivity index (χ3v) is 2.19. The molecule has 80 valence electrons. The Bertz CT molecular complexity index is 260. The van der Waals surface area contributed by atoms with E-state index in [0.717, 1.165) is 25.1 Å². The molecule has 0 fully saturated rings. The quantitative estimate of drug-likeness (QED) is 0.700. The molecule has 1 aromatic heterocycles. The Balaban J connectivity index is 2.42. The Morgan fingerprint density at radius 2 is 2.36 bits per heavy atom. The Kier molecular flexibility index (Phi) is 4.62. The average molecular weight is 197 g/mol. The minimum Gasteiger partial charge on any atom is -0.380 e. The summed E-state index contributed by atoms with van der Waals surface area (Å²) < 4.78 is 7.12. The zero-order valence-electron chi connectivity index (χ0n) is 8.94. The lowest BCUT2D eigenvalue weighted by Gasteiger charge is -2.04. The van der Waals surface area contributed by atoms with Crippen LogP contribution in [0.1, 0.15) is 31.9 Å². The summed E-state index contributed by atoms with van der Waals surface area (Å²) in [7, 11) is 0. The molecule has 0 saturated heterocycles. The second kappa shape index (κ2) is 5.78. The van der Waals surface area contributed by atoms with Crippen LogP contribution in [0.4, 0.5) is 0 Å². The van der Waals surface area contributed by atoms with Gasteiger partial charge in [0.15, 0.2) is 0 Å². The molecule has 1 unspecified atom stereocenters. The van der Waals surface area contributed by atoms with Gasteiger partial charge in [0.2, 0.25) is 0 Å². The van der Waals surface area contributed by atoms with E-state index < -0.39 is 0 Å². The Labute approximate surface area is 85.0 Å². The number of nitrogens with zero attached hydrogens (tertiary/aromatic N) is 2. The SMILES string of the molecule is CCOCCn1cc(C(N)CC)cn1. The van der Waals surface area contributed by atoms with Crippen molar-refractivity contribution in [2.24, 2.45) is 5.73 Å². The molecule has 14 heavy (non-hydrogen) atoms. The Morgan fingerprint density at radius 1 is 1.57 bits per heavy atom. The molecule has 4 heteroatoms. The predicted octanol–water partition coefficient (Wildman–Crippen LogP) is 1.33. The molecule has 0 aliphatic carbocycles. The van der Waals surface area contributed by atoms with Crippen LogP contribution in [-0.4, -0.2) is 23.0 Å². The number of rotatable bonds is 6. The molecule has 0 saturated carbocycles. The van der Waals surface area contributed by atoms with Gasteiger partial charge in [-0.25, -0.2) is 0 Å². The van der Waals surface area contributed by atoms with Crippen LogP contribution < -0.4 is 5.73 Å². The lowest BCUT2D eigenvalue weighted by Crippen LogP contribution is -2.08. The van der Waals surface area contributed by atoms with Gasteiger partial charge in [0.25, 0.3) is 0 Å². The van der Waals surface area contributed by atoms with E-state index in [1.54, 1.807) is 0 Å². The van der Waals surface area contributed by atoms with E-state index in [2.05, 4.69) is 12.0 Å². The molecule has 0 aromatic carbocycles. The van der Waals surface area contributed by atoms with Gasteiger partial charge < -0.3 is 10.5 Å². The number of aromatic nitrogens is 2. The van der Waals surface area contributed by atoms with Gasteiger partial charge in [-0.1, -0.05) is 6.92 Å². The summed E-state index contributed by atoms with van der Waals surface area (Å²) >= 11 is 0. The van der Waals surface area contributed by atoms with Crippen molar-refractivity contribution >= 4 is 0 Å². The van der Waals surface area contributed by atoms with Gasteiger partial charge in [-0.2, -0.15) is 5.10 Å². The van der Waals surface area contributed by atoms with Crippen LogP contribution in [-0.2, 0) is 11.3 Å². The van der Waals surface area contributed by atoms with Gasteiger partial charge in [0.05, 0.1) is 19.3 Å². The molecule has 1 atom stereocenters. The van der Waals surface area contributed by atoms with Crippen LogP contribution in [0.2, 0.25) is 0 Å². The summed E-state index contributed by atoms with van der Waals surface area (Å²) in [4.78, 5) is 0. The fraction of sp³-hybridized carbons (Fsp3) is 0.700. The van der Waals surface area contributed by atoms with E-state index in [9.17, 15) is 0 Å². The van der Waals surface area contributed by atoms with E-state index in [0.29, 0.717) is 6.61 Å². The summed E-state index contributed by atoms with van der Waals surface area (Å²) in [6.07, 6.45) is 4.77. The second-order valence-corrected chi connectivity index (χ2v) is 3.25. The second-order valence-electron chi connectivity index (χ2n) is 3.25. The van der Waals surface area contributed by atoms with Gasteiger partial charge in [-0.3, -0.25) is 4.68 Å². The molecule has 0 spiro atoms. The molecular formula is C10H19N3O. The standard InChI is InChI=1S/C10H19N3O/c1-3-10(11)9-7-12-13(8-9)5-6-14-4-2/h7-8,10H,3-6,11H2,1-2H3. The van der Waals surface area contributed by atoms with Crippen molar-refractivity contribution in [2.45, 2.75) is 32.9 Å². The van der Waals surface area contributed by atoms with Gasteiger partial charge in [0, 0.05) is 24.4 Å². The lowest BCUT2D eigenvalue weighted by molar-refractivity contribution is 0.136. The molecule has 1 aromatic rings. The zero-order valence-corrected chi connectivity index (χ0v) is 8.94. The largest absolute Gasteiger partial charge is 0.380 e. The van der Waals surface area contributed by atoms with Crippen LogP contribution in [0.5, 0.6) is 0 Å². The van der Waals surface area contributed by atoms with Crippen LogP contribution >= 0.6 is 0 Å². The van der Waals surface area contributed by atoms with Crippen molar-refractivity contribution in [2.75, 3.05) is 13.2 Å². The maximum absolute atomic E-state index is 5.88. The molecule has 1 heterocycles. The molecule has 0 aliphatic rings. The molecule has 0 bridgehead atoms. The fourth-order valence-corrected chi connectivity index (χ4v) is 1.23. The normalized spacial score (nSPS) is 13.1. The highest BCUT2D eigenvalue weighted by molar-refractivity contribution is 5.08. The Morgan fingerprint density at radius 3 is 3.00 bits per heavy atom. The van der Waals surface area contributed by atoms with Crippen LogP contribution in [0.3, 0.4) is 0 Å². The zero-order chi connectivity index (χ0) is 10.4. The van der Waals surface area contributed by atoms with Crippen molar-refractivity contribution in [1.82, 2.24) is 9.78 Å². The lowest BCUT2D eigenvalue weighted by atomic mass is 10.1. The molecule has 4 nitrogen and oxygen atoms in total. The fourth-order valence-electron chi connectivity index (χ4n) is 1.23. The smallest absolute Gasteiger partial charge is 0.0662 e. The number of hydrogen-bond donors (Lipinski definition) is 1. The molecule has 0 radical (unpaired) electrons. The van der Waals surface area contributed by atoms with Crippen molar-refractivity contribution in [3.63, 3.8) is 0 Å². The number of hydrogen-bond acceptors (Lipinski definition) is 3. The van der Waals surface area contributed by atoms with Crippen LogP contribution in [0.15, 0.2) is 12.4 Å². The third-order valence-electron chi connectivity index (χ3n) is 2.19. The van der Waals surface area contributed by atoms with Gasteiger partial charge in [0.1, 0.15) is 0 Å². The van der Waals surface area contributed by atoms with Crippen molar-refractivity contribution in [1.29, 1.82) is 0 Å². The first-order chi connectivity index (χ1) is 6.77. The van der Waals surface area contributed by atoms with Gasteiger partial charge in [-0.15, -0.1) is 0 Å². The first kappa shape index (κ1) is 11.2. The highest BCUT2D eigenvalue weighted by Crippen LogP contribution is 2.11. The summed E-state index contributed by atoms with van der Waals surface area (Å²) in [6.45, 7) is 6.32. The maximum Gasteiger partial charge on any atom is 0.0662 e. The van der Waals surface area contributed by atoms with E-state index in [-0.39, 0.29) is 6.04 Å². The molecule has 0 amide bonds. The summed E-state index contributed by atoms with van der Waals surface area (Å²) in [5, 5.41) is 4.21. The van der Waals surface area contributed by atoms with Crippen LogP contribution in [0.25, 0.3) is 0 Å². The van der Waals surface area contributed by atoms with Crippen LogP contribution in [0, 0.1) is 0 Å². The summed E-state index contributed by atoms with van der Waals surface area (Å²) in [6, 6.07) is 0.107.